The number of rotatable bonds is 3. The fourth-order valence-corrected chi connectivity index (χ4v) is 7.73. The molecule has 10 rings (SSSR count). The van der Waals surface area contributed by atoms with Crippen LogP contribution in [0.15, 0.2) is 158 Å². The summed E-state index contributed by atoms with van der Waals surface area (Å²) in [6.07, 6.45) is 3.78. The normalized spacial score (nSPS) is 11.8. The molecule has 0 aliphatic carbocycles. The Morgan fingerprint density at radius 3 is 1.71 bits per heavy atom. The van der Waals surface area contributed by atoms with Gasteiger partial charge in [-0.15, -0.1) is 0 Å². The van der Waals surface area contributed by atoms with E-state index in [4.69, 9.17) is 4.74 Å². The molecule has 0 saturated carbocycles. The van der Waals surface area contributed by atoms with Gasteiger partial charge >= 0.3 is 0 Å². The quantitative estimate of drug-likeness (QED) is 0.184. The molecule has 0 bridgehead atoms. The first-order valence-corrected chi connectivity index (χ1v) is 16.4. The van der Waals surface area contributed by atoms with Crippen molar-refractivity contribution in [2.24, 2.45) is 0 Å². The molecule has 226 valence electrons. The van der Waals surface area contributed by atoms with E-state index >= 15 is 0 Å². The number of ether oxygens (including phenoxy) is 1. The number of hydrogen-bond acceptors (Lipinski definition) is 3. The van der Waals surface area contributed by atoms with E-state index in [-0.39, 0.29) is 0 Å². The van der Waals surface area contributed by atoms with E-state index < -0.39 is 0 Å². The van der Waals surface area contributed by atoms with Crippen LogP contribution in [0.3, 0.4) is 0 Å². The first-order valence-electron chi connectivity index (χ1n) is 16.4. The molecule has 0 unspecified atom stereocenters. The zero-order chi connectivity index (χ0) is 32.5. The molecule has 3 nitrogen and oxygen atoms in total. The van der Waals surface area contributed by atoms with E-state index in [0.717, 1.165) is 50.1 Å². The highest BCUT2D eigenvalue weighted by atomic mass is 16.5. The van der Waals surface area contributed by atoms with Crippen molar-refractivity contribution in [3.63, 3.8) is 0 Å². The summed E-state index contributed by atoms with van der Waals surface area (Å²) in [5, 5.41) is 19.1. The van der Waals surface area contributed by atoms with E-state index in [1.165, 1.54) is 49.0 Å². The molecule has 0 spiro atoms. The highest BCUT2D eigenvalue weighted by molar-refractivity contribution is 6.24. The van der Waals surface area contributed by atoms with Gasteiger partial charge in [-0.3, -0.25) is 4.98 Å². The maximum Gasteiger partial charge on any atom is 0.136 e. The Hall–Kier alpha value is -6.76. The minimum Gasteiger partial charge on any atom is -0.456 e. The van der Waals surface area contributed by atoms with Gasteiger partial charge in [0.25, 0.3) is 0 Å². The average molecular weight is 623 g/mol. The fraction of sp³-hybridized carbons (Fsp3) is 0. The summed E-state index contributed by atoms with van der Waals surface area (Å²) in [5.41, 5.74) is 9.73. The summed E-state index contributed by atoms with van der Waals surface area (Å²) in [4.78, 5) is 4.42. The molecule has 1 aliphatic rings. The van der Waals surface area contributed by atoms with Gasteiger partial charge in [0.05, 0.1) is 11.6 Å². The Labute approximate surface area is 282 Å². The van der Waals surface area contributed by atoms with Crippen molar-refractivity contribution in [1.82, 2.24) is 4.98 Å². The lowest BCUT2D eigenvalue weighted by atomic mass is 9.87. The number of hydrogen-bond donors (Lipinski definition) is 0. The molecule has 0 amide bonds. The third-order valence-corrected chi connectivity index (χ3v) is 9.98. The van der Waals surface area contributed by atoms with Gasteiger partial charge in [-0.1, -0.05) is 103 Å². The van der Waals surface area contributed by atoms with Gasteiger partial charge in [0, 0.05) is 28.9 Å². The Kier molecular flexibility index (Phi) is 5.94. The zero-order valence-electron chi connectivity index (χ0n) is 26.3. The molecule has 49 heavy (non-hydrogen) atoms. The highest BCUT2D eigenvalue weighted by Crippen LogP contribution is 2.49. The standard InChI is InChI=1S/C46H26N2O/c47-26-28-14-19-37-39-21-20-32(38-12-5-13-44(46(38)39)49-45(37)23-28)29-15-17-30(18-16-29)40-24-42-36-11-4-2-9-34(36)41(31-7-6-22-48-27-31)25-43(42)35-10-3-1-8-33(35)40/h1-25,27H. The first-order chi connectivity index (χ1) is 24.2. The molecule has 0 fully saturated rings. The molecule has 8 aromatic carbocycles. The first kappa shape index (κ1) is 27.4. The Morgan fingerprint density at radius 1 is 0.429 bits per heavy atom. The summed E-state index contributed by atoms with van der Waals surface area (Å²) >= 11 is 0. The van der Waals surface area contributed by atoms with Crippen LogP contribution in [0.4, 0.5) is 0 Å². The van der Waals surface area contributed by atoms with Crippen LogP contribution in [0.1, 0.15) is 5.56 Å². The van der Waals surface area contributed by atoms with Gasteiger partial charge in [-0.05, 0) is 114 Å². The highest BCUT2D eigenvalue weighted by Gasteiger charge is 2.22. The summed E-state index contributed by atoms with van der Waals surface area (Å²) < 4.78 is 6.34. The van der Waals surface area contributed by atoms with Crippen LogP contribution >= 0.6 is 0 Å². The van der Waals surface area contributed by atoms with Gasteiger partial charge in [0.15, 0.2) is 0 Å². The maximum absolute atomic E-state index is 9.42. The van der Waals surface area contributed by atoms with Crippen molar-refractivity contribution in [2.45, 2.75) is 0 Å². The van der Waals surface area contributed by atoms with E-state index in [1.54, 1.807) is 0 Å². The van der Waals surface area contributed by atoms with E-state index in [0.29, 0.717) is 5.56 Å². The second kappa shape index (κ2) is 10.6. The van der Waals surface area contributed by atoms with Gasteiger partial charge in [-0.2, -0.15) is 5.26 Å². The van der Waals surface area contributed by atoms with Crippen LogP contribution in [0.2, 0.25) is 0 Å². The lowest BCUT2D eigenvalue weighted by Crippen LogP contribution is -1.98. The number of aromatic nitrogens is 1. The minimum atomic E-state index is 0.591. The lowest BCUT2D eigenvalue weighted by Gasteiger charge is -2.22. The SMILES string of the molecule is N#Cc1ccc2c(c1)Oc1cccc3c(-c4ccc(-c5cc6c7ccccc7c(-c7cccnc7)cc6c6ccccc56)cc4)ccc-2c13. The van der Waals surface area contributed by atoms with Crippen LogP contribution < -0.4 is 4.74 Å². The Morgan fingerprint density at radius 2 is 1.04 bits per heavy atom. The molecule has 1 aromatic heterocycles. The van der Waals surface area contributed by atoms with Crippen LogP contribution in [-0.4, -0.2) is 4.98 Å². The second-order valence-corrected chi connectivity index (χ2v) is 12.6. The van der Waals surface area contributed by atoms with E-state index in [2.05, 4.69) is 120 Å². The van der Waals surface area contributed by atoms with Crippen molar-refractivity contribution in [3.05, 3.63) is 164 Å². The van der Waals surface area contributed by atoms with Gasteiger partial charge in [-0.25, -0.2) is 0 Å². The molecule has 0 saturated heterocycles. The van der Waals surface area contributed by atoms with Crippen LogP contribution in [0, 0.1) is 11.3 Å². The molecule has 0 atom stereocenters. The smallest absolute Gasteiger partial charge is 0.136 e. The van der Waals surface area contributed by atoms with Crippen molar-refractivity contribution in [3.8, 4) is 62.1 Å². The van der Waals surface area contributed by atoms with Crippen molar-refractivity contribution in [2.75, 3.05) is 0 Å². The predicted molar refractivity (Wildman–Crippen MR) is 201 cm³/mol. The molecular formula is C46H26N2O. The van der Waals surface area contributed by atoms with Gasteiger partial charge < -0.3 is 4.74 Å². The molecule has 3 heteroatoms. The van der Waals surface area contributed by atoms with E-state index in [9.17, 15) is 5.26 Å². The topological polar surface area (TPSA) is 45.9 Å². The zero-order valence-corrected chi connectivity index (χ0v) is 26.3. The maximum atomic E-state index is 9.42. The summed E-state index contributed by atoms with van der Waals surface area (Å²) in [7, 11) is 0. The molecule has 1 aliphatic heterocycles. The third kappa shape index (κ3) is 4.18. The molecular weight excluding hydrogens is 597 g/mol. The van der Waals surface area contributed by atoms with Crippen LogP contribution in [0.5, 0.6) is 11.5 Å². The minimum absolute atomic E-state index is 0.591. The Bertz CT molecular complexity index is 2850. The number of nitrogens with zero attached hydrogens (tertiary/aromatic N) is 2. The largest absolute Gasteiger partial charge is 0.456 e. The van der Waals surface area contributed by atoms with E-state index in [1.807, 2.05) is 48.8 Å². The second-order valence-electron chi connectivity index (χ2n) is 12.6. The molecule has 9 aromatic rings. The molecule has 0 N–H and O–H groups in total. The van der Waals surface area contributed by atoms with Crippen molar-refractivity contribution in [1.29, 1.82) is 5.26 Å². The molecule has 2 heterocycles. The van der Waals surface area contributed by atoms with Crippen molar-refractivity contribution >= 4 is 43.1 Å². The monoisotopic (exact) mass is 622 g/mol. The van der Waals surface area contributed by atoms with Crippen LogP contribution in [0.25, 0.3) is 87.6 Å². The van der Waals surface area contributed by atoms with Gasteiger partial charge in [0.2, 0.25) is 0 Å². The average Bonchev–Trinajstić information content (AvgIpc) is 3.17. The van der Waals surface area contributed by atoms with Gasteiger partial charge in [0.1, 0.15) is 11.5 Å². The summed E-state index contributed by atoms with van der Waals surface area (Å²) in [5.74, 6) is 1.54. The third-order valence-electron chi connectivity index (χ3n) is 9.98. The van der Waals surface area contributed by atoms with Crippen LogP contribution in [-0.2, 0) is 0 Å². The summed E-state index contributed by atoms with van der Waals surface area (Å²) in [6.45, 7) is 0. The lowest BCUT2D eigenvalue weighted by molar-refractivity contribution is 0.487. The fourth-order valence-electron chi connectivity index (χ4n) is 7.73. The van der Waals surface area contributed by atoms with Crippen molar-refractivity contribution < 1.29 is 4.74 Å². The molecule has 0 radical (unpaired) electrons. The predicted octanol–water partition coefficient (Wildman–Crippen LogP) is 12.3. The number of pyridine rings is 1. The Balaban J connectivity index is 1.13. The number of nitriles is 1. The number of benzene rings is 8. The summed E-state index contributed by atoms with van der Waals surface area (Å²) in [6, 6.07) is 53.8. The number of fused-ring (bicyclic) bond motifs is 7.